The highest BCUT2D eigenvalue weighted by Crippen LogP contribution is 2.24. The molecule has 3 amide bonds. The van der Waals surface area contributed by atoms with Gasteiger partial charge in [0.2, 0.25) is 0 Å². The first-order chi connectivity index (χ1) is 13.0. The number of aryl methyl sites for hydroxylation is 1. The van der Waals surface area contributed by atoms with Gasteiger partial charge < -0.3 is 21.1 Å². The maximum atomic E-state index is 12.8. The van der Waals surface area contributed by atoms with Crippen molar-refractivity contribution >= 4 is 17.6 Å². The molecule has 0 bridgehead atoms. The minimum atomic E-state index is -0.581. The van der Waals surface area contributed by atoms with E-state index in [1.165, 1.54) is 4.90 Å². The summed E-state index contributed by atoms with van der Waals surface area (Å²) in [7, 11) is 0. The Morgan fingerprint density at radius 3 is 2.67 bits per heavy atom. The summed E-state index contributed by atoms with van der Waals surface area (Å²) in [6.45, 7) is 2.01. The number of benzene rings is 1. The number of hydrogen-bond acceptors (Lipinski definition) is 5. The fraction of sp³-hybridized carbons (Fsp3) is 0.333. The Morgan fingerprint density at radius 1 is 1.41 bits per heavy atom. The number of carbonyl (C=O) groups excluding carboxylic acids is 2. The van der Waals surface area contributed by atoms with Crippen LogP contribution in [0, 0.1) is 11.3 Å². The zero-order chi connectivity index (χ0) is 19.6. The van der Waals surface area contributed by atoms with Crippen LogP contribution in [0.25, 0.3) is 0 Å². The molecule has 140 valence electrons. The number of aliphatic hydroxyl groups excluding tert-OH is 1. The van der Waals surface area contributed by atoms with Crippen LogP contribution in [0.3, 0.4) is 0 Å². The van der Waals surface area contributed by atoms with Crippen LogP contribution in [0.1, 0.15) is 34.2 Å². The Hall–Kier alpha value is -3.38. The van der Waals surface area contributed by atoms with E-state index in [-0.39, 0.29) is 19.7 Å². The third kappa shape index (κ3) is 3.47. The summed E-state index contributed by atoms with van der Waals surface area (Å²) < 4.78 is 1.64. The molecule has 1 aromatic carbocycles. The van der Waals surface area contributed by atoms with Crippen LogP contribution in [-0.2, 0) is 19.5 Å². The van der Waals surface area contributed by atoms with Gasteiger partial charge in [-0.25, -0.2) is 4.79 Å². The predicted octanol–water partition coefficient (Wildman–Crippen LogP) is 0.825. The van der Waals surface area contributed by atoms with Crippen LogP contribution in [0.2, 0.25) is 0 Å². The van der Waals surface area contributed by atoms with Gasteiger partial charge in [0.05, 0.1) is 54.3 Å². The second kappa shape index (κ2) is 7.47. The quantitative estimate of drug-likeness (QED) is 0.734. The molecule has 27 heavy (non-hydrogen) atoms. The Balaban J connectivity index is 1.87. The van der Waals surface area contributed by atoms with E-state index in [4.69, 9.17) is 11.0 Å². The minimum Gasteiger partial charge on any atom is -0.394 e. The van der Waals surface area contributed by atoms with Crippen molar-refractivity contribution in [2.45, 2.75) is 32.5 Å². The summed E-state index contributed by atoms with van der Waals surface area (Å²) in [6, 6.07) is 7.57. The van der Waals surface area contributed by atoms with E-state index in [0.717, 1.165) is 0 Å². The van der Waals surface area contributed by atoms with Crippen molar-refractivity contribution in [3.8, 4) is 6.07 Å². The number of nitrogens with one attached hydrogen (secondary N) is 1. The molecule has 4 N–H and O–H groups in total. The normalized spacial score (nSPS) is 15.7. The maximum Gasteiger partial charge on any atom is 0.322 e. The number of hydrogen-bond donors (Lipinski definition) is 3. The Labute approximate surface area is 156 Å². The lowest BCUT2D eigenvalue weighted by atomic mass is 10.1. The molecule has 0 aliphatic carbocycles. The number of anilines is 1. The number of fused-ring (bicyclic) bond motifs is 1. The third-order valence-electron chi connectivity index (χ3n) is 4.59. The summed E-state index contributed by atoms with van der Waals surface area (Å²) >= 11 is 0. The first-order valence-corrected chi connectivity index (χ1v) is 8.55. The molecule has 2 aromatic rings. The van der Waals surface area contributed by atoms with Gasteiger partial charge in [0.25, 0.3) is 5.91 Å². The van der Waals surface area contributed by atoms with E-state index in [1.807, 2.05) is 13.0 Å². The van der Waals surface area contributed by atoms with E-state index in [2.05, 4.69) is 10.4 Å². The van der Waals surface area contributed by atoms with Gasteiger partial charge in [0, 0.05) is 5.69 Å². The molecule has 0 fully saturated rings. The highest BCUT2D eigenvalue weighted by molar-refractivity contribution is 5.95. The van der Waals surface area contributed by atoms with Gasteiger partial charge in [0.15, 0.2) is 0 Å². The van der Waals surface area contributed by atoms with Gasteiger partial charge in [-0.05, 0) is 30.7 Å². The molecular formula is C18H20N6O3. The summed E-state index contributed by atoms with van der Waals surface area (Å²) in [5.41, 5.74) is 8.02. The first kappa shape index (κ1) is 18.4. The van der Waals surface area contributed by atoms with Crippen molar-refractivity contribution in [1.82, 2.24) is 14.7 Å². The fourth-order valence-corrected chi connectivity index (χ4v) is 3.20. The molecule has 0 saturated carbocycles. The second-order valence-electron chi connectivity index (χ2n) is 6.25. The Morgan fingerprint density at radius 2 is 2.11 bits per heavy atom. The lowest BCUT2D eigenvalue weighted by molar-refractivity contribution is 0.0973. The highest BCUT2D eigenvalue weighted by Gasteiger charge is 2.34. The maximum absolute atomic E-state index is 12.8. The van der Waals surface area contributed by atoms with Gasteiger partial charge in [-0.15, -0.1) is 0 Å². The number of amides is 3. The van der Waals surface area contributed by atoms with E-state index < -0.39 is 18.0 Å². The molecule has 0 radical (unpaired) electrons. The van der Waals surface area contributed by atoms with Crippen molar-refractivity contribution in [2.75, 3.05) is 11.9 Å². The van der Waals surface area contributed by atoms with E-state index in [1.54, 1.807) is 28.9 Å². The van der Waals surface area contributed by atoms with Crippen LogP contribution in [0.5, 0.6) is 0 Å². The second-order valence-corrected chi connectivity index (χ2v) is 6.25. The Kier molecular flexibility index (Phi) is 5.09. The number of aromatic nitrogens is 2. The number of nitriles is 1. The zero-order valence-corrected chi connectivity index (χ0v) is 14.8. The summed E-state index contributed by atoms with van der Waals surface area (Å²) in [5.74, 6) is -0.581. The largest absolute Gasteiger partial charge is 0.394 e. The van der Waals surface area contributed by atoms with Gasteiger partial charge in [-0.1, -0.05) is 6.92 Å². The Bertz CT molecular complexity index is 912. The number of carbonyl (C=O) groups is 2. The van der Waals surface area contributed by atoms with Gasteiger partial charge in [0.1, 0.15) is 0 Å². The summed E-state index contributed by atoms with van der Waals surface area (Å²) in [4.78, 5) is 26.1. The molecule has 1 atom stereocenters. The molecule has 1 aliphatic rings. The molecule has 0 saturated heterocycles. The minimum absolute atomic E-state index is 0.110. The lowest BCUT2D eigenvalue weighted by Crippen LogP contribution is -2.50. The molecule has 1 aromatic heterocycles. The monoisotopic (exact) mass is 368 g/mol. The van der Waals surface area contributed by atoms with Crippen LogP contribution in [0.4, 0.5) is 10.5 Å². The van der Waals surface area contributed by atoms with E-state index in [9.17, 15) is 14.7 Å². The van der Waals surface area contributed by atoms with E-state index in [0.29, 0.717) is 34.6 Å². The van der Waals surface area contributed by atoms with Crippen LogP contribution >= 0.6 is 0 Å². The third-order valence-corrected chi connectivity index (χ3v) is 4.59. The van der Waals surface area contributed by atoms with E-state index >= 15 is 0 Å². The molecule has 0 spiro atoms. The number of primary amides is 1. The molecule has 9 nitrogen and oxygen atoms in total. The van der Waals surface area contributed by atoms with Crippen molar-refractivity contribution in [3.63, 3.8) is 0 Å². The van der Waals surface area contributed by atoms with Crippen LogP contribution in [0.15, 0.2) is 24.3 Å². The first-order valence-electron chi connectivity index (χ1n) is 8.55. The number of aliphatic hydroxyl groups is 1. The SMILES string of the molecule is CCc1nn2c(c1C(N)=O)CN(C(=O)Nc1ccc(C#N)cc1)C(CO)C2. The smallest absolute Gasteiger partial charge is 0.322 e. The van der Waals surface area contributed by atoms with Crippen LogP contribution < -0.4 is 11.1 Å². The van der Waals surface area contributed by atoms with Gasteiger partial charge in [-0.3, -0.25) is 9.48 Å². The molecule has 9 heteroatoms. The molecule has 1 unspecified atom stereocenters. The number of nitrogens with zero attached hydrogens (tertiary/aromatic N) is 4. The predicted molar refractivity (Wildman–Crippen MR) is 96.7 cm³/mol. The lowest BCUT2D eigenvalue weighted by Gasteiger charge is -2.35. The number of rotatable bonds is 4. The number of urea groups is 1. The standard InChI is InChI=1S/C18H20N6O3/c1-2-14-16(17(20)26)15-9-23(13(10-25)8-24(15)22-14)18(27)21-12-5-3-11(7-19)4-6-12/h3-6,13,25H,2,8-10H2,1H3,(H2,20,26)(H,21,27). The molecule has 1 aliphatic heterocycles. The van der Waals surface area contributed by atoms with Gasteiger partial charge >= 0.3 is 6.03 Å². The molecule has 3 rings (SSSR count). The fourth-order valence-electron chi connectivity index (χ4n) is 3.20. The van der Waals surface area contributed by atoms with Crippen molar-refractivity contribution in [3.05, 3.63) is 46.8 Å². The average molecular weight is 368 g/mol. The average Bonchev–Trinajstić information content (AvgIpc) is 3.05. The van der Waals surface area contributed by atoms with Gasteiger partial charge in [-0.2, -0.15) is 10.4 Å². The topological polar surface area (TPSA) is 137 Å². The van der Waals surface area contributed by atoms with Crippen molar-refractivity contribution < 1.29 is 14.7 Å². The highest BCUT2D eigenvalue weighted by atomic mass is 16.3. The molecule has 2 heterocycles. The number of nitrogens with two attached hydrogens (primary N) is 1. The zero-order valence-electron chi connectivity index (χ0n) is 14.8. The molecular weight excluding hydrogens is 348 g/mol. The van der Waals surface area contributed by atoms with Crippen molar-refractivity contribution in [1.29, 1.82) is 5.26 Å². The summed E-state index contributed by atoms with van der Waals surface area (Å²) in [5, 5.41) is 25.7. The summed E-state index contributed by atoms with van der Waals surface area (Å²) in [6.07, 6.45) is 0.541. The van der Waals surface area contributed by atoms with Crippen LogP contribution in [-0.4, -0.2) is 44.4 Å². The van der Waals surface area contributed by atoms with Crippen molar-refractivity contribution in [2.24, 2.45) is 5.73 Å².